The van der Waals surface area contributed by atoms with Crippen molar-refractivity contribution in [2.75, 3.05) is 11.9 Å². The molecule has 3 rings (SSSR count). The van der Waals surface area contributed by atoms with Crippen molar-refractivity contribution in [1.29, 1.82) is 0 Å². The highest BCUT2D eigenvalue weighted by Crippen LogP contribution is 2.35. The van der Waals surface area contributed by atoms with Crippen molar-refractivity contribution in [2.24, 2.45) is 0 Å². The van der Waals surface area contributed by atoms with Crippen LogP contribution < -0.4 is 10.6 Å². The number of anilines is 1. The average Bonchev–Trinajstić information content (AvgIpc) is 2.83. The summed E-state index contributed by atoms with van der Waals surface area (Å²) in [5.74, 6) is -2.16. The van der Waals surface area contributed by atoms with Crippen LogP contribution in [0.1, 0.15) is 28.8 Å². The van der Waals surface area contributed by atoms with Crippen molar-refractivity contribution < 1.29 is 24.3 Å². The average molecular weight is 443 g/mol. The number of aliphatic carboxylic acids is 1. The van der Waals surface area contributed by atoms with Crippen LogP contribution in [0.5, 0.6) is 0 Å². The lowest BCUT2D eigenvalue weighted by molar-refractivity contribution is -0.137. The molecule has 0 aliphatic carbocycles. The molecule has 1 aromatic carbocycles. The minimum Gasteiger partial charge on any atom is -0.480 e. The number of carboxylic acid groups (broad SMARTS) is 1. The summed E-state index contributed by atoms with van der Waals surface area (Å²) in [6.07, 6.45) is 0.484. The van der Waals surface area contributed by atoms with E-state index in [1.807, 2.05) is 22.6 Å². The highest BCUT2D eigenvalue weighted by atomic mass is 127. The number of carbonyl (C=O) groups excluding carboxylic acids is 3. The van der Waals surface area contributed by atoms with Gasteiger partial charge in [0, 0.05) is 16.5 Å². The first kappa shape index (κ1) is 16.7. The number of carbonyl (C=O) groups is 4. The summed E-state index contributed by atoms with van der Waals surface area (Å²) in [4.78, 5) is 48.4. The Hall–Kier alpha value is -2.17. The molecule has 2 aliphatic rings. The van der Waals surface area contributed by atoms with Crippen LogP contribution in [0.15, 0.2) is 12.1 Å². The SMILES string of the molecule is O=C(O)CNc1c(I)ccc2c1C(=O)N(C1CCC(=O)NC1=O)C2. The van der Waals surface area contributed by atoms with Gasteiger partial charge in [-0.3, -0.25) is 24.5 Å². The second-order valence-corrected chi connectivity index (χ2v) is 6.77. The summed E-state index contributed by atoms with van der Waals surface area (Å²) in [6.45, 7) is -0.0444. The number of hydrogen-bond acceptors (Lipinski definition) is 5. The Bertz CT molecular complexity index is 764. The molecule has 1 aromatic rings. The summed E-state index contributed by atoms with van der Waals surface area (Å²) >= 11 is 2.03. The summed E-state index contributed by atoms with van der Waals surface area (Å²) in [5.41, 5.74) is 1.60. The Kier molecular flexibility index (Phi) is 4.43. The Morgan fingerprint density at radius 3 is 2.79 bits per heavy atom. The lowest BCUT2D eigenvalue weighted by Gasteiger charge is -2.29. The minimum atomic E-state index is -1.03. The first-order valence-corrected chi connectivity index (χ1v) is 8.38. The second kappa shape index (κ2) is 6.38. The van der Waals surface area contributed by atoms with Gasteiger partial charge in [-0.1, -0.05) is 6.07 Å². The standard InChI is InChI=1S/C15H14IN3O5/c16-8-2-1-7-6-19(9-3-4-10(20)18-14(9)23)15(24)12(7)13(8)17-5-11(21)22/h1-2,9,17H,3-6H2,(H,21,22)(H,18,20,23). The Morgan fingerprint density at radius 1 is 1.38 bits per heavy atom. The number of nitrogens with zero attached hydrogens (tertiary/aromatic N) is 1. The van der Waals surface area contributed by atoms with E-state index < -0.39 is 17.9 Å². The van der Waals surface area contributed by atoms with E-state index in [1.54, 1.807) is 12.1 Å². The van der Waals surface area contributed by atoms with Gasteiger partial charge in [0.05, 0.1) is 11.3 Å². The molecule has 126 valence electrons. The van der Waals surface area contributed by atoms with Crippen LogP contribution in [0.3, 0.4) is 0 Å². The molecule has 1 unspecified atom stereocenters. The predicted molar refractivity (Wildman–Crippen MR) is 91.3 cm³/mol. The van der Waals surface area contributed by atoms with Crippen molar-refractivity contribution in [3.8, 4) is 0 Å². The molecule has 24 heavy (non-hydrogen) atoms. The lowest BCUT2D eigenvalue weighted by atomic mass is 10.0. The zero-order chi connectivity index (χ0) is 17.4. The van der Waals surface area contributed by atoms with E-state index in [4.69, 9.17) is 5.11 Å². The molecule has 1 fully saturated rings. The predicted octanol–water partition coefficient (Wildman–Crippen LogP) is 0.549. The van der Waals surface area contributed by atoms with E-state index in [-0.39, 0.29) is 31.3 Å². The van der Waals surface area contributed by atoms with Crippen LogP contribution in [0, 0.1) is 3.57 Å². The summed E-state index contributed by atoms with van der Waals surface area (Å²) < 4.78 is 0.728. The van der Waals surface area contributed by atoms with Crippen LogP contribution in [0.2, 0.25) is 0 Å². The molecular weight excluding hydrogens is 429 g/mol. The molecule has 9 heteroatoms. The molecule has 0 aromatic heterocycles. The quantitative estimate of drug-likeness (QED) is 0.463. The number of amides is 3. The van der Waals surface area contributed by atoms with Gasteiger partial charge in [-0.25, -0.2) is 0 Å². The number of piperidine rings is 1. The van der Waals surface area contributed by atoms with Gasteiger partial charge in [0.25, 0.3) is 5.91 Å². The Labute approximate surface area is 150 Å². The number of benzene rings is 1. The molecule has 0 spiro atoms. The molecule has 2 aliphatic heterocycles. The van der Waals surface area contributed by atoms with E-state index in [0.29, 0.717) is 17.7 Å². The molecule has 0 bridgehead atoms. The van der Waals surface area contributed by atoms with Crippen molar-refractivity contribution >= 4 is 52.0 Å². The summed E-state index contributed by atoms with van der Waals surface area (Å²) in [6, 6.07) is 2.91. The summed E-state index contributed by atoms with van der Waals surface area (Å²) in [7, 11) is 0. The van der Waals surface area contributed by atoms with Gasteiger partial charge in [0.15, 0.2) is 0 Å². The molecule has 0 saturated carbocycles. The molecule has 2 heterocycles. The van der Waals surface area contributed by atoms with Crippen LogP contribution in [0.4, 0.5) is 5.69 Å². The molecule has 1 atom stereocenters. The second-order valence-electron chi connectivity index (χ2n) is 5.60. The number of hydrogen-bond donors (Lipinski definition) is 3. The number of rotatable bonds is 4. The molecule has 3 amide bonds. The fourth-order valence-corrected chi connectivity index (χ4v) is 3.60. The van der Waals surface area contributed by atoms with Crippen molar-refractivity contribution in [3.63, 3.8) is 0 Å². The van der Waals surface area contributed by atoms with E-state index in [0.717, 1.165) is 9.13 Å². The highest BCUT2D eigenvalue weighted by molar-refractivity contribution is 14.1. The normalized spacial score (nSPS) is 20.0. The largest absolute Gasteiger partial charge is 0.480 e. The topological polar surface area (TPSA) is 116 Å². The van der Waals surface area contributed by atoms with Gasteiger partial charge in [0.2, 0.25) is 11.8 Å². The van der Waals surface area contributed by atoms with Crippen LogP contribution in [-0.2, 0) is 20.9 Å². The first-order chi connectivity index (χ1) is 11.4. The van der Waals surface area contributed by atoms with E-state index >= 15 is 0 Å². The van der Waals surface area contributed by atoms with E-state index in [2.05, 4.69) is 10.6 Å². The molecule has 0 radical (unpaired) electrons. The molecular formula is C15H14IN3O5. The van der Waals surface area contributed by atoms with Gasteiger partial charge in [-0.05, 0) is 40.6 Å². The first-order valence-electron chi connectivity index (χ1n) is 7.30. The van der Waals surface area contributed by atoms with Crippen LogP contribution >= 0.6 is 22.6 Å². The number of nitrogens with one attached hydrogen (secondary N) is 2. The van der Waals surface area contributed by atoms with Gasteiger partial charge in [-0.2, -0.15) is 0 Å². The number of imide groups is 1. The van der Waals surface area contributed by atoms with Gasteiger partial charge in [0.1, 0.15) is 12.6 Å². The zero-order valence-electron chi connectivity index (χ0n) is 12.5. The van der Waals surface area contributed by atoms with Crippen molar-refractivity contribution in [1.82, 2.24) is 10.2 Å². The third kappa shape index (κ3) is 2.95. The molecule has 3 N–H and O–H groups in total. The zero-order valence-corrected chi connectivity index (χ0v) is 14.6. The van der Waals surface area contributed by atoms with Gasteiger partial charge in [-0.15, -0.1) is 0 Å². The third-order valence-corrected chi connectivity index (χ3v) is 4.96. The number of fused-ring (bicyclic) bond motifs is 1. The number of halogens is 1. The Morgan fingerprint density at radius 2 is 2.12 bits per heavy atom. The highest BCUT2D eigenvalue weighted by Gasteiger charge is 2.40. The maximum absolute atomic E-state index is 12.8. The van der Waals surface area contributed by atoms with Gasteiger partial charge < -0.3 is 15.3 Å². The fourth-order valence-electron chi connectivity index (χ4n) is 2.96. The maximum atomic E-state index is 12.8. The monoisotopic (exact) mass is 443 g/mol. The Balaban J connectivity index is 1.90. The number of carboxylic acids is 1. The third-order valence-electron chi connectivity index (χ3n) is 4.06. The molecule has 8 nitrogen and oxygen atoms in total. The van der Waals surface area contributed by atoms with E-state index in [1.165, 1.54) is 4.90 Å². The van der Waals surface area contributed by atoms with Crippen LogP contribution in [-0.4, -0.2) is 46.3 Å². The van der Waals surface area contributed by atoms with E-state index in [9.17, 15) is 19.2 Å². The van der Waals surface area contributed by atoms with Crippen molar-refractivity contribution in [3.05, 3.63) is 26.8 Å². The minimum absolute atomic E-state index is 0.193. The molecule has 1 saturated heterocycles. The maximum Gasteiger partial charge on any atom is 0.322 e. The van der Waals surface area contributed by atoms with Crippen LogP contribution in [0.25, 0.3) is 0 Å². The lowest BCUT2D eigenvalue weighted by Crippen LogP contribution is -2.52. The summed E-state index contributed by atoms with van der Waals surface area (Å²) in [5, 5.41) is 13.9. The van der Waals surface area contributed by atoms with Gasteiger partial charge >= 0.3 is 5.97 Å². The van der Waals surface area contributed by atoms with Crippen molar-refractivity contribution in [2.45, 2.75) is 25.4 Å². The smallest absolute Gasteiger partial charge is 0.322 e. The fraction of sp³-hybridized carbons (Fsp3) is 0.333.